The standard InChI is InChI=1S/C25H24N4O4S/c1-17-6-4-7-18(12-17)24-27-28-25(29(24)14-19-8-5-11-31-19)34-16-23(30)26-13-20-15-32-21-9-2-3-10-22(21)33-20/h2-12,20H,13-16H2,1H3,(H,26,30)/t20-/m0/s1. The Balaban J connectivity index is 1.23. The van der Waals surface area contributed by atoms with Crippen LogP contribution in [0.15, 0.2) is 76.5 Å². The lowest BCUT2D eigenvalue weighted by Crippen LogP contribution is -2.41. The Morgan fingerprint density at radius 3 is 2.82 bits per heavy atom. The van der Waals surface area contributed by atoms with E-state index < -0.39 is 0 Å². The number of hydrogen-bond acceptors (Lipinski definition) is 7. The van der Waals surface area contributed by atoms with Gasteiger partial charge in [0.2, 0.25) is 5.91 Å². The second kappa shape index (κ2) is 10.0. The third-order valence-electron chi connectivity index (χ3n) is 5.31. The van der Waals surface area contributed by atoms with Gasteiger partial charge in [-0.1, -0.05) is 47.7 Å². The van der Waals surface area contributed by atoms with Crippen LogP contribution < -0.4 is 14.8 Å². The minimum atomic E-state index is -0.237. The lowest BCUT2D eigenvalue weighted by Gasteiger charge is -2.26. The molecule has 1 atom stereocenters. The lowest BCUT2D eigenvalue weighted by atomic mass is 10.1. The SMILES string of the molecule is Cc1cccc(-c2nnc(SCC(=O)NC[C@H]3COc4ccccc4O3)n2Cc2ccco2)c1. The topological polar surface area (TPSA) is 91.4 Å². The molecule has 174 valence electrons. The van der Waals surface area contributed by atoms with Crippen LogP contribution in [-0.2, 0) is 11.3 Å². The number of fused-ring (bicyclic) bond motifs is 1. The Morgan fingerprint density at radius 1 is 1.12 bits per heavy atom. The molecule has 1 aliphatic rings. The summed E-state index contributed by atoms with van der Waals surface area (Å²) in [7, 11) is 0. The van der Waals surface area contributed by atoms with Crippen molar-refractivity contribution in [2.45, 2.75) is 24.7 Å². The number of nitrogens with one attached hydrogen (secondary N) is 1. The number of aromatic nitrogens is 3. The number of para-hydroxylation sites is 2. The largest absolute Gasteiger partial charge is 0.486 e. The molecule has 34 heavy (non-hydrogen) atoms. The van der Waals surface area contributed by atoms with Crippen LogP contribution in [0.1, 0.15) is 11.3 Å². The maximum Gasteiger partial charge on any atom is 0.230 e. The van der Waals surface area contributed by atoms with Crippen molar-refractivity contribution >= 4 is 17.7 Å². The van der Waals surface area contributed by atoms with Crippen LogP contribution in [0.2, 0.25) is 0 Å². The van der Waals surface area contributed by atoms with Crippen LogP contribution in [0.4, 0.5) is 0 Å². The first-order chi connectivity index (χ1) is 16.7. The fourth-order valence-corrected chi connectivity index (χ4v) is 4.43. The number of carbonyl (C=O) groups is 1. The van der Waals surface area contributed by atoms with Gasteiger partial charge in [0, 0.05) is 5.56 Å². The molecule has 2 aromatic carbocycles. The van der Waals surface area contributed by atoms with E-state index >= 15 is 0 Å². The molecular weight excluding hydrogens is 452 g/mol. The van der Waals surface area contributed by atoms with Crippen LogP contribution in [0, 0.1) is 6.92 Å². The van der Waals surface area contributed by atoms with Gasteiger partial charge in [-0.2, -0.15) is 0 Å². The molecule has 1 amide bonds. The fourth-order valence-electron chi connectivity index (χ4n) is 3.67. The number of aryl methyl sites for hydroxylation is 1. The highest BCUT2D eigenvalue weighted by atomic mass is 32.2. The minimum Gasteiger partial charge on any atom is -0.486 e. The molecule has 4 aromatic rings. The summed E-state index contributed by atoms with van der Waals surface area (Å²) in [6.07, 6.45) is 1.40. The van der Waals surface area contributed by atoms with E-state index in [2.05, 4.69) is 21.6 Å². The fraction of sp³-hybridized carbons (Fsp3) is 0.240. The molecule has 0 saturated carbocycles. The zero-order chi connectivity index (χ0) is 23.3. The molecule has 5 rings (SSSR count). The highest BCUT2D eigenvalue weighted by molar-refractivity contribution is 7.99. The number of furan rings is 1. The molecule has 3 heterocycles. The normalized spacial score (nSPS) is 14.7. The summed E-state index contributed by atoms with van der Waals surface area (Å²) in [6, 6.07) is 19.4. The van der Waals surface area contributed by atoms with Gasteiger partial charge in [0.1, 0.15) is 18.5 Å². The van der Waals surface area contributed by atoms with E-state index in [4.69, 9.17) is 13.9 Å². The van der Waals surface area contributed by atoms with Gasteiger partial charge in [-0.25, -0.2) is 0 Å². The number of amides is 1. The second-order valence-corrected chi connectivity index (χ2v) is 8.87. The van der Waals surface area contributed by atoms with Gasteiger partial charge >= 0.3 is 0 Å². The highest BCUT2D eigenvalue weighted by Crippen LogP contribution is 2.30. The summed E-state index contributed by atoms with van der Waals surface area (Å²) in [4.78, 5) is 12.6. The first kappa shape index (κ1) is 22.1. The van der Waals surface area contributed by atoms with E-state index in [1.54, 1.807) is 6.26 Å². The molecule has 0 saturated heterocycles. The summed E-state index contributed by atoms with van der Waals surface area (Å²) in [6.45, 7) is 3.26. The van der Waals surface area contributed by atoms with Crippen molar-refractivity contribution < 1.29 is 18.7 Å². The Hall–Kier alpha value is -3.72. The van der Waals surface area contributed by atoms with Crippen LogP contribution in [-0.4, -0.2) is 45.7 Å². The van der Waals surface area contributed by atoms with Crippen molar-refractivity contribution in [1.29, 1.82) is 0 Å². The Morgan fingerprint density at radius 2 is 2.00 bits per heavy atom. The summed E-state index contributed by atoms with van der Waals surface area (Å²) >= 11 is 1.34. The summed E-state index contributed by atoms with van der Waals surface area (Å²) in [5.41, 5.74) is 2.10. The summed E-state index contributed by atoms with van der Waals surface area (Å²) in [5.74, 6) is 3.02. The number of benzene rings is 2. The second-order valence-electron chi connectivity index (χ2n) is 7.93. The Bertz CT molecular complexity index is 1270. The lowest BCUT2D eigenvalue weighted by molar-refractivity contribution is -0.119. The maximum atomic E-state index is 12.6. The van der Waals surface area contributed by atoms with E-state index in [9.17, 15) is 4.79 Å². The number of carbonyl (C=O) groups excluding carboxylic acids is 1. The molecule has 1 aliphatic heterocycles. The van der Waals surface area contributed by atoms with Gasteiger partial charge in [-0.15, -0.1) is 10.2 Å². The predicted molar refractivity (Wildman–Crippen MR) is 128 cm³/mol. The van der Waals surface area contributed by atoms with E-state index in [0.717, 1.165) is 28.5 Å². The zero-order valence-electron chi connectivity index (χ0n) is 18.6. The molecular formula is C25H24N4O4S. The predicted octanol–water partition coefficient (Wildman–Crippen LogP) is 3.94. The van der Waals surface area contributed by atoms with Gasteiger partial charge in [-0.3, -0.25) is 9.36 Å². The van der Waals surface area contributed by atoms with E-state index in [1.807, 2.05) is 66.1 Å². The van der Waals surface area contributed by atoms with Crippen molar-refractivity contribution in [2.24, 2.45) is 0 Å². The summed E-state index contributed by atoms with van der Waals surface area (Å²) < 4.78 is 19.1. The Labute approximate surface area is 201 Å². The van der Waals surface area contributed by atoms with Gasteiger partial charge in [0.25, 0.3) is 0 Å². The van der Waals surface area contributed by atoms with Gasteiger partial charge in [0.15, 0.2) is 22.5 Å². The number of ether oxygens (including phenoxy) is 2. The number of thioether (sulfide) groups is 1. The molecule has 1 N–H and O–H groups in total. The zero-order valence-corrected chi connectivity index (χ0v) is 19.5. The van der Waals surface area contributed by atoms with Gasteiger partial charge in [-0.05, 0) is 37.3 Å². The molecule has 0 bridgehead atoms. The average Bonchev–Trinajstić information content (AvgIpc) is 3.52. The molecule has 8 nitrogen and oxygen atoms in total. The third-order valence-corrected chi connectivity index (χ3v) is 6.28. The number of rotatable bonds is 8. The average molecular weight is 477 g/mol. The molecule has 0 unspecified atom stereocenters. The Kier molecular flexibility index (Phi) is 6.53. The van der Waals surface area contributed by atoms with Crippen molar-refractivity contribution in [3.8, 4) is 22.9 Å². The maximum absolute atomic E-state index is 12.6. The van der Waals surface area contributed by atoms with Crippen molar-refractivity contribution in [3.05, 3.63) is 78.3 Å². The third kappa shape index (κ3) is 5.09. The van der Waals surface area contributed by atoms with Crippen molar-refractivity contribution in [1.82, 2.24) is 20.1 Å². The minimum absolute atomic E-state index is 0.114. The van der Waals surface area contributed by atoms with E-state index in [1.165, 1.54) is 11.8 Å². The molecule has 0 aliphatic carbocycles. The monoisotopic (exact) mass is 476 g/mol. The van der Waals surface area contributed by atoms with Crippen LogP contribution in [0.25, 0.3) is 11.4 Å². The van der Waals surface area contributed by atoms with Crippen LogP contribution >= 0.6 is 11.8 Å². The molecule has 9 heteroatoms. The highest BCUT2D eigenvalue weighted by Gasteiger charge is 2.22. The molecule has 0 spiro atoms. The van der Waals surface area contributed by atoms with E-state index in [0.29, 0.717) is 30.6 Å². The molecule has 0 fully saturated rings. The first-order valence-corrected chi connectivity index (χ1v) is 11.9. The number of hydrogen-bond donors (Lipinski definition) is 1. The van der Waals surface area contributed by atoms with Gasteiger partial charge in [0.05, 0.1) is 25.1 Å². The van der Waals surface area contributed by atoms with Crippen molar-refractivity contribution in [3.63, 3.8) is 0 Å². The van der Waals surface area contributed by atoms with Crippen LogP contribution in [0.3, 0.4) is 0 Å². The van der Waals surface area contributed by atoms with Gasteiger partial charge < -0.3 is 19.2 Å². The quantitative estimate of drug-likeness (QED) is 0.385. The smallest absolute Gasteiger partial charge is 0.230 e. The van der Waals surface area contributed by atoms with E-state index in [-0.39, 0.29) is 17.8 Å². The summed E-state index contributed by atoms with van der Waals surface area (Å²) in [5, 5.41) is 12.3. The van der Waals surface area contributed by atoms with Crippen molar-refractivity contribution in [2.75, 3.05) is 18.9 Å². The van der Waals surface area contributed by atoms with Crippen LogP contribution in [0.5, 0.6) is 11.5 Å². The molecule has 2 aromatic heterocycles. The molecule has 0 radical (unpaired) electrons. The first-order valence-electron chi connectivity index (χ1n) is 11.0. The number of nitrogens with zero attached hydrogens (tertiary/aromatic N) is 3.